The average molecular weight is 305 g/mol. The summed E-state index contributed by atoms with van der Waals surface area (Å²) in [5, 5.41) is 1.14. The molecule has 0 spiro atoms. The third-order valence-electron chi connectivity index (χ3n) is 4.54. The summed E-state index contributed by atoms with van der Waals surface area (Å²) in [4.78, 5) is 0. The molecule has 1 saturated carbocycles. The van der Waals surface area contributed by atoms with Crippen LogP contribution < -0.4 is 0 Å². The molecule has 0 amide bonds. The summed E-state index contributed by atoms with van der Waals surface area (Å²) in [6, 6.07) is 0. The summed E-state index contributed by atoms with van der Waals surface area (Å²) in [7, 11) is 0. The van der Waals surface area contributed by atoms with Crippen LogP contribution in [0.5, 0.6) is 0 Å². The fourth-order valence-corrected chi connectivity index (χ4v) is 3.82. The zero-order valence-electron chi connectivity index (χ0n) is 12.0. The Morgan fingerprint density at radius 2 is 1.82 bits per heavy atom. The molecule has 0 N–H and O–H groups in total. The normalized spacial score (nSPS) is 30.5. The van der Waals surface area contributed by atoms with Crippen molar-refractivity contribution in [1.29, 1.82) is 0 Å². The zero-order chi connectivity index (χ0) is 12.9. The highest BCUT2D eigenvalue weighted by molar-refractivity contribution is 9.09. The molecule has 1 aliphatic carbocycles. The maximum atomic E-state index is 5.54. The summed E-state index contributed by atoms with van der Waals surface area (Å²) >= 11 is 3.74. The molecular formula is C15H29BrO. The molecule has 1 nitrogen and oxygen atoms in total. The van der Waals surface area contributed by atoms with E-state index < -0.39 is 0 Å². The van der Waals surface area contributed by atoms with E-state index in [0.717, 1.165) is 24.5 Å². The van der Waals surface area contributed by atoms with Gasteiger partial charge >= 0.3 is 0 Å². The molecule has 17 heavy (non-hydrogen) atoms. The Balaban J connectivity index is 2.45. The van der Waals surface area contributed by atoms with Crippen molar-refractivity contribution in [2.45, 2.75) is 59.8 Å². The predicted molar refractivity (Wildman–Crippen MR) is 78.8 cm³/mol. The summed E-state index contributed by atoms with van der Waals surface area (Å²) in [6.07, 6.45) is 6.74. The van der Waals surface area contributed by atoms with Crippen molar-refractivity contribution < 1.29 is 4.74 Å². The molecule has 0 aromatic rings. The van der Waals surface area contributed by atoms with Crippen LogP contribution in [-0.4, -0.2) is 18.5 Å². The largest absolute Gasteiger partial charge is 0.382 e. The monoisotopic (exact) mass is 304 g/mol. The van der Waals surface area contributed by atoms with Gasteiger partial charge in [0.2, 0.25) is 0 Å². The van der Waals surface area contributed by atoms with E-state index in [1.54, 1.807) is 0 Å². The standard InChI is InChI=1S/C15H29BrO/c1-5-17-11-10-15(12-16)8-6-13(7-9-15)14(2,3)4/h13H,5-12H2,1-4H3. The molecule has 0 unspecified atom stereocenters. The summed E-state index contributed by atoms with van der Waals surface area (Å²) in [5.41, 5.74) is 0.995. The Morgan fingerprint density at radius 1 is 1.24 bits per heavy atom. The van der Waals surface area contributed by atoms with Crippen LogP contribution in [0.3, 0.4) is 0 Å². The topological polar surface area (TPSA) is 9.23 Å². The van der Waals surface area contributed by atoms with Gasteiger partial charge in [0.05, 0.1) is 0 Å². The van der Waals surface area contributed by atoms with Crippen molar-refractivity contribution >= 4 is 15.9 Å². The molecule has 1 aliphatic rings. The van der Waals surface area contributed by atoms with E-state index in [2.05, 4.69) is 43.6 Å². The lowest BCUT2D eigenvalue weighted by atomic mass is 9.64. The maximum absolute atomic E-state index is 5.54. The zero-order valence-corrected chi connectivity index (χ0v) is 13.6. The lowest BCUT2D eigenvalue weighted by molar-refractivity contribution is 0.0599. The van der Waals surface area contributed by atoms with Crippen LogP contribution in [0.25, 0.3) is 0 Å². The molecule has 1 fully saturated rings. The Hall–Kier alpha value is 0.440. The van der Waals surface area contributed by atoms with Crippen molar-refractivity contribution in [3.63, 3.8) is 0 Å². The first-order valence-electron chi connectivity index (χ1n) is 7.07. The minimum absolute atomic E-state index is 0.485. The first-order valence-corrected chi connectivity index (χ1v) is 8.19. The quantitative estimate of drug-likeness (QED) is 0.511. The highest BCUT2D eigenvalue weighted by Gasteiger charge is 2.37. The van der Waals surface area contributed by atoms with Gasteiger partial charge < -0.3 is 4.74 Å². The highest BCUT2D eigenvalue weighted by atomic mass is 79.9. The number of hydrogen-bond donors (Lipinski definition) is 0. The fraction of sp³-hybridized carbons (Fsp3) is 1.00. The molecule has 1 rings (SSSR count). The SMILES string of the molecule is CCOCCC1(CBr)CCC(C(C)(C)C)CC1. The lowest BCUT2D eigenvalue weighted by Gasteiger charge is -2.43. The van der Waals surface area contributed by atoms with Gasteiger partial charge in [-0.1, -0.05) is 36.7 Å². The Kier molecular flexibility index (Phi) is 5.98. The van der Waals surface area contributed by atoms with Crippen molar-refractivity contribution in [2.75, 3.05) is 18.5 Å². The van der Waals surface area contributed by atoms with E-state index >= 15 is 0 Å². The minimum atomic E-state index is 0.485. The Morgan fingerprint density at radius 3 is 2.24 bits per heavy atom. The van der Waals surface area contributed by atoms with Crippen LogP contribution in [-0.2, 0) is 4.74 Å². The summed E-state index contributed by atoms with van der Waals surface area (Å²) in [6.45, 7) is 11.0. The van der Waals surface area contributed by atoms with Crippen LogP contribution in [0, 0.1) is 16.7 Å². The van der Waals surface area contributed by atoms with Crippen molar-refractivity contribution in [2.24, 2.45) is 16.7 Å². The molecule has 2 heteroatoms. The van der Waals surface area contributed by atoms with E-state index in [1.807, 2.05) is 0 Å². The van der Waals surface area contributed by atoms with Gasteiger partial charge in [-0.15, -0.1) is 0 Å². The molecule has 0 heterocycles. The van der Waals surface area contributed by atoms with E-state index in [0.29, 0.717) is 10.8 Å². The molecule has 0 aromatic carbocycles. The van der Waals surface area contributed by atoms with Crippen LogP contribution in [0.15, 0.2) is 0 Å². The van der Waals surface area contributed by atoms with Gasteiger partial charge in [0.15, 0.2) is 0 Å². The molecule has 102 valence electrons. The van der Waals surface area contributed by atoms with E-state index in [1.165, 1.54) is 32.1 Å². The predicted octanol–water partition coefficient (Wildman–Crippen LogP) is 5.03. The second kappa shape index (κ2) is 6.56. The Labute approximate surface area is 116 Å². The minimum Gasteiger partial charge on any atom is -0.382 e. The fourth-order valence-electron chi connectivity index (χ4n) is 2.98. The first kappa shape index (κ1) is 15.5. The third-order valence-corrected chi connectivity index (χ3v) is 5.72. The number of halogens is 1. The molecule has 0 atom stereocenters. The van der Waals surface area contributed by atoms with Gasteiger partial charge in [-0.05, 0) is 55.8 Å². The van der Waals surface area contributed by atoms with Gasteiger partial charge in [0.1, 0.15) is 0 Å². The lowest BCUT2D eigenvalue weighted by Crippen LogP contribution is -2.34. The molecule has 0 aromatic heterocycles. The van der Waals surface area contributed by atoms with Crippen LogP contribution in [0.4, 0.5) is 0 Å². The molecule has 0 bridgehead atoms. The van der Waals surface area contributed by atoms with Gasteiger partial charge in [0.25, 0.3) is 0 Å². The van der Waals surface area contributed by atoms with Gasteiger partial charge in [-0.2, -0.15) is 0 Å². The smallest absolute Gasteiger partial charge is 0.0471 e. The van der Waals surface area contributed by atoms with Crippen molar-refractivity contribution in [3.05, 3.63) is 0 Å². The average Bonchev–Trinajstić information content (AvgIpc) is 2.29. The van der Waals surface area contributed by atoms with Gasteiger partial charge in [-0.25, -0.2) is 0 Å². The van der Waals surface area contributed by atoms with Crippen molar-refractivity contribution in [1.82, 2.24) is 0 Å². The second-order valence-electron chi connectivity index (χ2n) is 6.72. The molecule has 0 aliphatic heterocycles. The first-order chi connectivity index (χ1) is 7.93. The maximum Gasteiger partial charge on any atom is 0.0471 e. The number of rotatable bonds is 5. The van der Waals surface area contributed by atoms with Gasteiger partial charge in [0, 0.05) is 18.5 Å². The Bertz CT molecular complexity index is 211. The van der Waals surface area contributed by atoms with Crippen LogP contribution in [0.1, 0.15) is 59.8 Å². The van der Waals surface area contributed by atoms with E-state index in [9.17, 15) is 0 Å². The highest BCUT2D eigenvalue weighted by Crippen LogP contribution is 2.47. The van der Waals surface area contributed by atoms with E-state index in [4.69, 9.17) is 4.74 Å². The van der Waals surface area contributed by atoms with E-state index in [-0.39, 0.29) is 0 Å². The molecular weight excluding hydrogens is 276 g/mol. The third kappa shape index (κ3) is 4.55. The second-order valence-corrected chi connectivity index (χ2v) is 7.28. The number of alkyl halides is 1. The van der Waals surface area contributed by atoms with Crippen LogP contribution >= 0.6 is 15.9 Å². The molecule has 0 radical (unpaired) electrons. The number of hydrogen-bond acceptors (Lipinski definition) is 1. The summed E-state index contributed by atoms with van der Waals surface area (Å²) in [5.74, 6) is 0.904. The van der Waals surface area contributed by atoms with Gasteiger partial charge in [-0.3, -0.25) is 0 Å². The molecule has 0 saturated heterocycles. The summed E-state index contributed by atoms with van der Waals surface area (Å²) < 4.78 is 5.54. The van der Waals surface area contributed by atoms with Crippen LogP contribution in [0.2, 0.25) is 0 Å². The number of ether oxygens (including phenoxy) is 1. The van der Waals surface area contributed by atoms with Crippen molar-refractivity contribution in [3.8, 4) is 0 Å².